The summed E-state index contributed by atoms with van der Waals surface area (Å²) >= 11 is 0. The van der Waals surface area contributed by atoms with Crippen molar-refractivity contribution in [2.24, 2.45) is 5.92 Å². The number of hydrogen-bond donors (Lipinski definition) is 0. The lowest BCUT2D eigenvalue weighted by atomic mass is 9.84. The van der Waals surface area contributed by atoms with Gasteiger partial charge in [0, 0.05) is 50.2 Å². The normalized spacial score (nSPS) is 20.9. The minimum Gasteiger partial charge on any atom is -0.337 e. The molecule has 1 atom stereocenters. The maximum absolute atomic E-state index is 12.8. The molecule has 134 valence electrons. The number of amides is 1. The van der Waals surface area contributed by atoms with Crippen LogP contribution in [0.25, 0.3) is 0 Å². The second-order valence-corrected chi connectivity index (χ2v) is 7.43. The molecule has 2 fully saturated rings. The molecule has 0 spiro atoms. The Morgan fingerprint density at radius 2 is 2.16 bits per heavy atom. The fraction of sp³-hybridized carbons (Fsp3) is 0.632. The highest BCUT2D eigenvalue weighted by Gasteiger charge is 2.31. The van der Waals surface area contributed by atoms with E-state index in [4.69, 9.17) is 0 Å². The van der Waals surface area contributed by atoms with Crippen molar-refractivity contribution in [2.75, 3.05) is 13.1 Å². The van der Waals surface area contributed by atoms with E-state index in [1.54, 1.807) is 10.9 Å². The Morgan fingerprint density at radius 3 is 2.88 bits per heavy atom. The van der Waals surface area contributed by atoms with Gasteiger partial charge in [-0.1, -0.05) is 6.42 Å². The van der Waals surface area contributed by atoms with E-state index in [0.717, 1.165) is 32.6 Å². The predicted octanol–water partition coefficient (Wildman–Crippen LogP) is 2.84. The molecule has 0 bridgehead atoms. The molecule has 0 N–H and O–H groups in total. The summed E-state index contributed by atoms with van der Waals surface area (Å²) < 4.78 is 4.18. The summed E-state index contributed by atoms with van der Waals surface area (Å²) in [7, 11) is 0. The number of imidazole rings is 1. The molecular formula is C19H27N5O. The third-order valence-electron chi connectivity index (χ3n) is 5.81. The first-order chi connectivity index (χ1) is 12.2. The number of likely N-dealkylation sites (tertiary alicyclic amines) is 1. The summed E-state index contributed by atoms with van der Waals surface area (Å²) in [6.45, 7) is 7.53. The quantitative estimate of drug-likeness (QED) is 0.840. The van der Waals surface area contributed by atoms with Gasteiger partial charge in [-0.15, -0.1) is 0 Å². The van der Waals surface area contributed by atoms with Crippen molar-refractivity contribution in [2.45, 2.75) is 58.5 Å². The summed E-state index contributed by atoms with van der Waals surface area (Å²) in [5, 5.41) is 4.22. The zero-order valence-electron chi connectivity index (χ0n) is 15.2. The van der Waals surface area contributed by atoms with Crippen molar-refractivity contribution in [1.29, 1.82) is 0 Å². The van der Waals surface area contributed by atoms with E-state index in [1.807, 2.05) is 24.1 Å². The van der Waals surface area contributed by atoms with Crippen LogP contribution >= 0.6 is 0 Å². The van der Waals surface area contributed by atoms with Gasteiger partial charge in [0.05, 0.1) is 0 Å². The topological polar surface area (TPSA) is 56.0 Å². The summed E-state index contributed by atoms with van der Waals surface area (Å²) in [5.41, 5.74) is 1.95. The molecule has 0 aromatic carbocycles. The van der Waals surface area contributed by atoms with Crippen molar-refractivity contribution in [1.82, 2.24) is 24.2 Å². The predicted molar refractivity (Wildman–Crippen MR) is 95.5 cm³/mol. The van der Waals surface area contributed by atoms with Gasteiger partial charge in [-0.2, -0.15) is 5.10 Å². The average molecular weight is 341 g/mol. The number of aryl methyl sites for hydroxylation is 2. The number of rotatable bonds is 5. The highest BCUT2D eigenvalue weighted by atomic mass is 16.2. The first-order valence-corrected chi connectivity index (χ1v) is 9.50. The maximum Gasteiger partial charge on any atom is 0.272 e. The minimum absolute atomic E-state index is 0.114. The van der Waals surface area contributed by atoms with Gasteiger partial charge in [-0.05, 0) is 45.1 Å². The van der Waals surface area contributed by atoms with Crippen LogP contribution in [0.3, 0.4) is 0 Å². The summed E-state index contributed by atoms with van der Waals surface area (Å²) in [5.74, 6) is 2.53. The van der Waals surface area contributed by atoms with Gasteiger partial charge in [-0.25, -0.2) is 4.98 Å². The molecule has 1 aliphatic heterocycles. The zero-order valence-corrected chi connectivity index (χ0v) is 15.2. The lowest BCUT2D eigenvalue weighted by Gasteiger charge is -2.27. The van der Waals surface area contributed by atoms with E-state index in [2.05, 4.69) is 21.6 Å². The van der Waals surface area contributed by atoms with E-state index in [-0.39, 0.29) is 5.91 Å². The van der Waals surface area contributed by atoms with Crippen LogP contribution in [0.1, 0.15) is 60.5 Å². The highest BCUT2D eigenvalue weighted by molar-refractivity contribution is 5.92. The van der Waals surface area contributed by atoms with Crippen molar-refractivity contribution in [3.8, 4) is 0 Å². The second kappa shape index (κ2) is 6.65. The van der Waals surface area contributed by atoms with Gasteiger partial charge < -0.3 is 9.47 Å². The maximum atomic E-state index is 12.8. The van der Waals surface area contributed by atoms with Gasteiger partial charge in [0.25, 0.3) is 5.91 Å². The number of nitrogens with zero attached hydrogens (tertiary/aromatic N) is 5. The molecule has 1 aliphatic carbocycles. The second-order valence-electron chi connectivity index (χ2n) is 7.43. The van der Waals surface area contributed by atoms with Crippen LogP contribution < -0.4 is 0 Å². The molecular weight excluding hydrogens is 314 g/mol. The fourth-order valence-electron chi connectivity index (χ4n) is 4.06. The third kappa shape index (κ3) is 2.98. The number of aromatic nitrogens is 4. The lowest BCUT2D eigenvalue weighted by molar-refractivity contribution is 0.0773. The Labute approximate surface area is 148 Å². The van der Waals surface area contributed by atoms with Crippen molar-refractivity contribution in [3.05, 3.63) is 35.7 Å². The van der Waals surface area contributed by atoms with Gasteiger partial charge >= 0.3 is 0 Å². The van der Waals surface area contributed by atoms with Crippen molar-refractivity contribution in [3.63, 3.8) is 0 Å². The van der Waals surface area contributed by atoms with Gasteiger partial charge in [0.1, 0.15) is 11.5 Å². The van der Waals surface area contributed by atoms with Crippen LogP contribution in [-0.4, -0.2) is 43.2 Å². The monoisotopic (exact) mass is 341 g/mol. The Morgan fingerprint density at radius 1 is 1.32 bits per heavy atom. The molecule has 2 aliphatic rings. The molecule has 6 nitrogen and oxygen atoms in total. The van der Waals surface area contributed by atoms with Crippen LogP contribution in [0, 0.1) is 12.8 Å². The third-order valence-corrected chi connectivity index (χ3v) is 5.81. The molecule has 1 saturated heterocycles. The van der Waals surface area contributed by atoms with Crippen LogP contribution in [0.15, 0.2) is 18.5 Å². The molecule has 25 heavy (non-hydrogen) atoms. The lowest BCUT2D eigenvalue weighted by Crippen LogP contribution is -2.31. The zero-order chi connectivity index (χ0) is 17.4. The summed E-state index contributed by atoms with van der Waals surface area (Å²) in [6.07, 6.45) is 8.65. The number of carbonyl (C=O) groups is 1. The Kier molecular flexibility index (Phi) is 4.36. The molecule has 1 saturated carbocycles. The van der Waals surface area contributed by atoms with E-state index in [0.29, 0.717) is 17.5 Å². The molecule has 6 heteroatoms. The first kappa shape index (κ1) is 16.4. The van der Waals surface area contributed by atoms with Crippen LogP contribution in [0.4, 0.5) is 0 Å². The fourth-order valence-corrected chi connectivity index (χ4v) is 4.06. The van der Waals surface area contributed by atoms with Crippen LogP contribution in [-0.2, 0) is 13.1 Å². The van der Waals surface area contributed by atoms with Gasteiger partial charge in [0.2, 0.25) is 0 Å². The van der Waals surface area contributed by atoms with Crippen LogP contribution in [0.5, 0.6) is 0 Å². The molecule has 1 amide bonds. The van der Waals surface area contributed by atoms with E-state index < -0.39 is 0 Å². The Bertz CT molecular complexity index is 758. The highest BCUT2D eigenvalue weighted by Crippen LogP contribution is 2.36. The van der Waals surface area contributed by atoms with Crippen LogP contribution in [0.2, 0.25) is 0 Å². The smallest absolute Gasteiger partial charge is 0.272 e. The molecule has 4 rings (SSSR count). The molecule has 0 radical (unpaired) electrons. The van der Waals surface area contributed by atoms with E-state index in [1.165, 1.54) is 30.8 Å². The van der Waals surface area contributed by atoms with Gasteiger partial charge in [-0.3, -0.25) is 9.48 Å². The standard InChI is InChI=1S/C19H27N5O/c1-3-24-17(7-9-21-24)19(25)22-10-8-15(12-22)13-23-14(2)11-20-18(23)16-5-4-6-16/h7,9,11,15-16H,3-6,8,10,12-13H2,1-2H3/t15-/m0/s1. The minimum atomic E-state index is 0.114. The number of hydrogen-bond acceptors (Lipinski definition) is 3. The molecule has 0 unspecified atom stereocenters. The molecule has 2 aromatic rings. The molecule has 3 heterocycles. The average Bonchev–Trinajstić information content (AvgIpc) is 3.28. The van der Waals surface area contributed by atoms with E-state index >= 15 is 0 Å². The largest absolute Gasteiger partial charge is 0.337 e. The van der Waals surface area contributed by atoms with Crippen molar-refractivity contribution >= 4 is 5.91 Å². The number of carbonyl (C=O) groups excluding carboxylic acids is 1. The van der Waals surface area contributed by atoms with E-state index in [9.17, 15) is 4.79 Å². The SMILES string of the molecule is CCn1nccc1C(=O)N1CC[C@H](Cn2c(C)cnc2C2CCC2)C1. The van der Waals surface area contributed by atoms with Gasteiger partial charge in [0.15, 0.2) is 0 Å². The molecule has 2 aromatic heterocycles. The first-order valence-electron chi connectivity index (χ1n) is 9.50. The Hall–Kier alpha value is -2.11. The Balaban J connectivity index is 1.43. The van der Waals surface area contributed by atoms with Crippen molar-refractivity contribution < 1.29 is 4.79 Å². The summed E-state index contributed by atoms with van der Waals surface area (Å²) in [6, 6.07) is 1.83. The summed E-state index contributed by atoms with van der Waals surface area (Å²) in [4.78, 5) is 19.4.